The number of esters is 1. The maximum atomic E-state index is 13.0. The van der Waals surface area contributed by atoms with Gasteiger partial charge in [0.25, 0.3) is 5.89 Å². The van der Waals surface area contributed by atoms with E-state index in [-0.39, 0.29) is 39.0 Å². The van der Waals surface area contributed by atoms with E-state index in [1.54, 1.807) is 12.1 Å². The third kappa shape index (κ3) is 3.62. The second-order valence-corrected chi connectivity index (χ2v) is 9.38. The molecule has 0 saturated heterocycles. The van der Waals surface area contributed by atoms with Crippen LogP contribution in [0.3, 0.4) is 0 Å². The first-order valence-electron chi connectivity index (χ1n) is 9.94. The van der Waals surface area contributed by atoms with Gasteiger partial charge >= 0.3 is 5.97 Å². The summed E-state index contributed by atoms with van der Waals surface area (Å²) in [6, 6.07) is 17.4. The van der Waals surface area contributed by atoms with E-state index in [0.29, 0.717) is 5.82 Å². The van der Waals surface area contributed by atoms with Gasteiger partial charge in [0, 0.05) is 16.7 Å². The highest BCUT2D eigenvalue weighted by Crippen LogP contribution is 2.34. The van der Waals surface area contributed by atoms with Crippen molar-refractivity contribution < 1.29 is 27.3 Å². The number of ketones is 1. The molecule has 3 aromatic carbocycles. The molecule has 0 radical (unpaired) electrons. The Labute approximate surface area is 188 Å². The van der Waals surface area contributed by atoms with Crippen LogP contribution in [0.15, 0.2) is 81.0 Å². The van der Waals surface area contributed by atoms with Crippen molar-refractivity contribution in [2.45, 2.75) is 23.3 Å². The van der Waals surface area contributed by atoms with Crippen LogP contribution in [0.2, 0.25) is 0 Å². The largest absolute Gasteiger partial charge is 0.452 e. The van der Waals surface area contributed by atoms with Gasteiger partial charge in [-0.05, 0) is 37.3 Å². The van der Waals surface area contributed by atoms with Crippen molar-refractivity contribution in [3.05, 3.63) is 94.9 Å². The molecule has 0 saturated carbocycles. The van der Waals surface area contributed by atoms with E-state index >= 15 is 0 Å². The predicted molar refractivity (Wildman–Crippen MR) is 115 cm³/mol. The lowest BCUT2D eigenvalue weighted by Gasteiger charge is -2.19. The van der Waals surface area contributed by atoms with Gasteiger partial charge in [0.05, 0.1) is 15.4 Å². The molecule has 0 atom stereocenters. The van der Waals surface area contributed by atoms with Gasteiger partial charge in [-0.25, -0.2) is 13.2 Å². The smallest absolute Gasteiger partial charge is 0.338 e. The Morgan fingerprint density at radius 1 is 0.970 bits per heavy atom. The highest BCUT2D eigenvalue weighted by atomic mass is 32.2. The zero-order valence-corrected chi connectivity index (χ0v) is 18.1. The second-order valence-electron chi connectivity index (χ2n) is 7.49. The molecule has 5 rings (SSSR count). The third-order valence-corrected chi connectivity index (χ3v) is 7.13. The van der Waals surface area contributed by atoms with E-state index in [0.717, 1.165) is 17.2 Å². The van der Waals surface area contributed by atoms with E-state index in [2.05, 4.69) is 10.1 Å². The minimum absolute atomic E-state index is 0.0113. The first-order chi connectivity index (χ1) is 15.8. The normalized spacial score (nSPS) is 13.8. The number of fused-ring (bicyclic) bond motifs is 2. The van der Waals surface area contributed by atoms with Crippen LogP contribution in [0.5, 0.6) is 0 Å². The molecule has 1 aliphatic heterocycles. The Kier molecular flexibility index (Phi) is 4.90. The number of hydrogen-bond acceptors (Lipinski definition) is 8. The summed E-state index contributed by atoms with van der Waals surface area (Å²) >= 11 is 0. The Morgan fingerprint density at radius 3 is 2.48 bits per heavy atom. The predicted octanol–water partition coefficient (Wildman–Crippen LogP) is 3.78. The number of carbonyl (C=O) groups excluding carboxylic acids is 2. The van der Waals surface area contributed by atoms with Gasteiger partial charge in [0.15, 0.2) is 12.4 Å². The Bertz CT molecular complexity index is 1520. The van der Waals surface area contributed by atoms with E-state index in [9.17, 15) is 18.0 Å². The molecule has 8 nitrogen and oxygen atoms in total. The minimum Gasteiger partial charge on any atom is -0.452 e. The number of rotatable bonds is 4. The first-order valence-corrected chi connectivity index (χ1v) is 11.4. The van der Waals surface area contributed by atoms with Crippen LogP contribution >= 0.6 is 0 Å². The van der Waals surface area contributed by atoms with Crippen LogP contribution in [0, 0.1) is 6.92 Å². The summed E-state index contributed by atoms with van der Waals surface area (Å²) in [5.41, 5.74) is 1.97. The molecule has 0 amide bonds. The number of hydrogen-bond donors (Lipinski definition) is 0. The summed E-state index contributed by atoms with van der Waals surface area (Å²) in [7, 11) is -3.96. The van der Waals surface area contributed by atoms with Crippen molar-refractivity contribution >= 4 is 21.6 Å². The molecule has 0 N–H and O–H groups in total. The molecular formula is C24H16N2O6S. The number of ether oxygens (including phenoxy) is 1. The van der Waals surface area contributed by atoms with Gasteiger partial charge in [-0.3, -0.25) is 4.79 Å². The van der Waals surface area contributed by atoms with Crippen molar-refractivity contribution in [2.24, 2.45) is 0 Å². The van der Waals surface area contributed by atoms with Crippen LogP contribution in [-0.2, 0) is 21.2 Å². The third-order valence-electron chi connectivity index (χ3n) is 5.28. The zero-order valence-electron chi connectivity index (χ0n) is 17.3. The highest BCUT2D eigenvalue weighted by Gasteiger charge is 2.35. The second kappa shape index (κ2) is 7.79. The summed E-state index contributed by atoms with van der Waals surface area (Å²) in [4.78, 5) is 29.2. The molecule has 0 fully saturated rings. The van der Waals surface area contributed by atoms with Crippen molar-refractivity contribution in [3.8, 4) is 11.4 Å². The van der Waals surface area contributed by atoms with Gasteiger partial charge in [-0.2, -0.15) is 4.98 Å². The minimum atomic E-state index is -3.96. The molecule has 1 aliphatic rings. The fraction of sp³-hybridized carbons (Fsp3) is 0.0833. The summed E-state index contributed by atoms with van der Waals surface area (Å²) < 4.78 is 36.4. The Morgan fingerprint density at radius 2 is 1.70 bits per heavy atom. The first kappa shape index (κ1) is 20.8. The fourth-order valence-electron chi connectivity index (χ4n) is 3.56. The maximum absolute atomic E-state index is 13.0. The van der Waals surface area contributed by atoms with Crippen LogP contribution in [-0.4, -0.2) is 30.3 Å². The molecular weight excluding hydrogens is 444 g/mol. The number of aromatic nitrogens is 2. The highest BCUT2D eigenvalue weighted by molar-refractivity contribution is 7.91. The van der Waals surface area contributed by atoms with Crippen LogP contribution in [0.1, 0.15) is 37.7 Å². The van der Waals surface area contributed by atoms with Crippen LogP contribution < -0.4 is 0 Å². The fourth-order valence-corrected chi connectivity index (χ4v) is 5.23. The average molecular weight is 460 g/mol. The van der Waals surface area contributed by atoms with Crippen molar-refractivity contribution in [1.82, 2.24) is 10.1 Å². The summed E-state index contributed by atoms with van der Waals surface area (Å²) in [6.07, 6.45) is 0. The van der Waals surface area contributed by atoms with Crippen molar-refractivity contribution in [2.75, 3.05) is 0 Å². The molecule has 33 heavy (non-hydrogen) atoms. The number of nitrogens with zero attached hydrogens (tertiary/aromatic N) is 2. The molecule has 2 heterocycles. The van der Waals surface area contributed by atoms with Gasteiger partial charge < -0.3 is 9.26 Å². The molecule has 0 aliphatic carbocycles. The SMILES string of the molecule is Cc1ccc(-c2noc(COC(=O)c3ccc4c(c3)S(=O)(=O)c3ccccc3C4=O)n2)cc1. The number of aryl methyl sites for hydroxylation is 1. The monoisotopic (exact) mass is 460 g/mol. The topological polar surface area (TPSA) is 116 Å². The van der Waals surface area contributed by atoms with E-state index in [1.165, 1.54) is 24.3 Å². The molecule has 0 spiro atoms. The van der Waals surface area contributed by atoms with Gasteiger partial charge in [-0.15, -0.1) is 0 Å². The zero-order chi connectivity index (χ0) is 23.2. The molecule has 4 aromatic rings. The Hall–Kier alpha value is -4.11. The number of sulfone groups is 1. The van der Waals surface area contributed by atoms with Crippen LogP contribution in [0.25, 0.3) is 11.4 Å². The maximum Gasteiger partial charge on any atom is 0.338 e. The average Bonchev–Trinajstić information content (AvgIpc) is 3.30. The molecule has 0 bridgehead atoms. The number of carbonyl (C=O) groups is 2. The molecule has 9 heteroatoms. The lowest BCUT2D eigenvalue weighted by atomic mass is 10.0. The standard InChI is InChI=1S/C24H16N2O6S/c1-14-6-8-15(9-7-14)23-25-21(32-26-23)13-31-24(28)16-10-11-18-20(12-16)33(29,30)19-5-3-2-4-17(19)22(18)27/h2-12H,13H2,1H3. The summed E-state index contributed by atoms with van der Waals surface area (Å²) in [6.45, 7) is 1.68. The summed E-state index contributed by atoms with van der Waals surface area (Å²) in [5, 5.41) is 3.88. The number of benzene rings is 3. The summed E-state index contributed by atoms with van der Waals surface area (Å²) in [5.74, 6) is -0.744. The van der Waals surface area contributed by atoms with Crippen molar-refractivity contribution in [3.63, 3.8) is 0 Å². The molecule has 0 unspecified atom stereocenters. The quantitative estimate of drug-likeness (QED) is 0.372. The lowest BCUT2D eigenvalue weighted by molar-refractivity contribution is 0.0429. The Balaban J connectivity index is 1.36. The van der Waals surface area contributed by atoms with E-state index in [1.807, 2.05) is 31.2 Å². The molecule has 164 valence electrons. The van der Waals surface area contributed by atoms with Gasteiger partial charge in [0.2, 0.25) is 15.7 Å². The van der Waals surface area contributed by atoms with E-state index in [4.69, 9.17) is 9.26 Å². The van der Waals surface area contributed by atoms with E-state index < -0.39 is 21.6 Å². The van der Waals surface area contributed by atoms with Crippen LogP contribution in [0.4, 0.5) is 0 Å². The lowest BCUT2D eigenvalue weighted by Crippen LogP contribution is -2.21. The van der Waals surface area contributed by atoms with Gasteiger partial charge in [0.1, 0.15) is 0 Å². The van der Waals surface area contributed by atoms with Gasteiger partial charge in [-0.1, -0.05) is 47.1 Å². The van der Waals surface area contributed by atoms with Crippen molar-refractivity contribution in [1.29, 1.82) is 0 Å². The molecule has 1 aromatic heterocycles.